The molecular weight excluding hydrogens is 363 g/mol. The zero-order chi connectivity index (χ0) is 18.3. The van der Waals surface area contributed by atoms with Crippen molar-refractivity contribution < 1.29 is 69.4 Å². The van der Waals surface area contributed by atoms with Gasteiger partial charge >= 0.3 is 51.4 Å². The van der Waals surface area contributed by atoms with Crippen molar-refractivity contribution in [3.05, 3.63) is 83.8 Å². The van der Waals surface area contributed by atoms with Crippen molar-refractivity contribution in [1.82, 2.24) is 5.16 Å². The monoisotopic (exact) mass is 382 g/mol. The minimum absolute atomic E-state index is 0. The smallest absolute Gasteiger partial charge is 0.514 e. The van der Waals surface area contributed by atoms with Crippen LogP contribution in [0.2, 0.25) is 0 Å². The van der Waals surface area contributed by atoms with Gasteiger partial charge < -0.3 is 9.26 Å². The summed E-state index contributed by atoms with van der Waals surface area (Å²) in [6.45, 7) is 6.09. The van der Waals surface area contributed by atoms with Gasteiger partial charge in [0.25, 0.3) is 0 Å². The molecule has 0 unspecified atom stereocenters. The second-order valence-corrected chi connectivity index (χ2v) is 6.29. The molecule has 0 fully saturated rings. The molecule has 0 saturated heterocycles. The zero-order valence-electron chi connectivity index (χ0n) is 15.3. The molecule has 0 amide bonds. The summed E-state index contributed by atoms with van der Waals surface area (Å²) in [6, 6.07) is 15.0. The number of ether oxygens (including phenoxy) is 1. The molecule has 0 spiro atoms. The Morgan fingerprint density at radius 3 is 2.15 bits per heavy atom. The van der Waals surface area contributed by atoms with Crippen molar-refractivity contribution in [3.8, 4) is 5.75 Å². The van der Waals surface area contributed by atoms with Crippen LogP contribution in [0.4, 0.5) is 8.78 Å². The van der Waals surface area contributed by atoms with E-state index < -0.39 is 11.6 Å². The van der Waals surface area contributed by atoms with Crippen molar-refractivity contribution in [2.45, 2.75) is 32.8 Å². The fraction of sp³-hybridized carbons (Fsp3) is 0.250. The number of benzene rings is 2. The summed E-state index contributed by atoms with van der Waals surface area (Å²) < 4.78 is 36.6. The van der Waals surface area contributed by atoms with Crippen LogP contribution < -0.4 is 56.1 Å². The van der Waals surface area contributed by atoms with E-state index in [0.717, 1.165) is 5.76 Å². The van der Waals surface area contributed by atoms with Gasteiger partial charge in [-0.25, -0.2) is 13.9 Å². The van der Waals surface area contributed by atoms with Gasteiger partial charge in [0.1, 0.15) is 18.2 Å². The largest absolute Gasteiger partial charge is 1.00 e. The van der Waals surface area contributed by atoms with Crippen molar-refractivity contribution >= 4 is 0 Å². The molecule has 0 N–H and O–H groups in total. The minimum atomic E-state index is -0.595. The molecule has 0 bridgehead atoms. The van der Waals surface area contributed by atoms with E-state index in [2.05, 4.69) is 38.2 Å². The first-order chi connectivity index (χ1) is 11.9. The molecule has 3 aromatic rings. The van der Waals surface area contributed by atoms with E-state index in [-0.39, 0.29) is 69.0 Å². The Labute approximate surface area is 195 Å². The zero-order valence-corrected chi connectivity index (χ0v) is 18.5. The van der Waals surface area contributed by atoms with E-state index in [9.17, 15) is 8.78 Å². The Bertz CT molecular complexity index is 752. The second kappa shape index (κ2) is 10.9. The molecule has 26 heavy (non-hydrogen) atoms. The average Bonchev–Trinajstić information content (AvgIpc) is 3.11. The van der Waals surface area contributed by atoms with Crippen molar-refractivity contribution in [3.63, 3.8) is 0 Å². The maximum absolute atomic E-state index is 13.2. The Morgan fingerprint density at radius 1 is 1.08 bits per heavy atom. The third-order valence-corrected chi connectivity index (χ3v) is 3.26. The van der Waals surface area contributed by atoms with Crippen LogP contribution in [0.3, 0.4) is 0 Å². The van der Waals surface area contributed by atoms with Crippen LogP contribution in [0.25, 0.3) is 0 Å². The Morgan fingerprint density at radius 2 is 1.69 bits per heavy atom. The van der Waals surface area contributed by atoms with Gasteiger partial charge in [-0.15, -0.1) is 18.3 Å². The molecule has 3 rings (SSSR count). The molecule has 0 aliphatic rings. The van der Waals surface area contributed by atoms with Crippen molar-refractivity contribution in [1.29, 1.82) is 0 Å². The Balaban J connectivity index is 0.000000290. The molecule has 132 valence electrons. The summed E-state index contributed by atoms with van der Waals surface area (Å²) in [6.07, 6.45) is 2.62. The van der Waals surface area contributed by atoms with E-state index in [4.69, 9.17) is 9.26 Å². The average molecular weight is 382 g/mol. The van der Waals surface area contributed by atoms with E-state index >= 15 is 0 Å². The van der Waals surface area contributed by atoms with Crippen LogP contribution in [-0.4, -0.2) is 5.16 Å². The maximum atomic E-state index is 13.2. The van der Waals surface area contributed by atoms with E-state index in [1.165, 1.54) is 18.2 Å². The van der Waals surface area contributed by atoms with Gasteiger partial charge in [0, 0.05) is 5.75 Å². The van der Waals surface area contributed by atoms with Gasteiger partial charge in [0.2, 0.25) is 0 Å². The SMILES string of the molecule is CC(C)(C)c1c[c-]no1.Fc1cccc(F)c1COc1cc[c-]cc1.[K+]. The molecule has 1 heterocycles. The molecule has 0 aliphatic heterocycles. The van der Waals surface area contributed by atoms with Crippen LogP contribution in [0.15, 0.2) is 53.1 Å². The molecule has 0 saturated carbocycles. The molecule has 2 aromatic carbocycles. The summed E-state index contributed by atoms with van der Waals surface area (Å²) in [7, 11) is 0. The van der Waals surface area contributed by atoms with Crippen LogP contribution in [0.1, 0.15) is 32.1 Å². The number of halogens is 2. The van der Waals surface area contributed by atoms with E-state index in [1.807, 2.05) is 0 Å². The molecule has 6 heteroatoms. The molecule has 3 nitrogen and oxygen atoms in total. The fourth-order valence-electron chi connectivity index (χ4n) is 1.83. The predicted octanol–water partition coefficient (Wildman–Crippen LogP) is 2.12. The van der Waals surface area contributed by atoms with E-state index in [0.29, 0.717) is 5.75 Å². The van der Waals surface area contributed by atoms with Crippen LogP contribution >= 0.6 is 0 Å². The van der Waals surface area contributed by atoms with Crippen LogP contribution in [0, 0.1) is 23.9 Å². The number of hydrogen-bond acceptors (Lipinski definition) is 3. The molecule has 0 aliphatic carbocycles. The third-order valence-electron chi connectivity index (χ3n) is 3.26. The van der Waals surface area contributed by atoms with Gasteiger partial charge in [0.15, 0.2) is 0 Å². The maximum Gasteiger partial charge on any atom is 1.00 e. The topological polar surface area (TPSA) is 35.3 Å². The number of nitrogens with zero attached hydrogens (tertiary/aromatic N) is 1. The summed E-state index contributed by atoms with van der Waals surface area (Å²) in [4.78, 5) is 0. The van der Waals surface area contributed by atoms with Gasteiger partial charge in [-0.05, 0) is 23.3 Å². The fourth-order valence-corrected chi connectivity index (χ4v) is 1.83. The number of hydrogen-bond donors (Lipinski definition) is 0. The normalized spacial score (nSPS) is 10.3. The molecule has 1 aromatic heterocycles. The standard InChI is InChI=1S/C13H9F2O.C7H10NO.K/c14-12-7-4-8-13(15)11(12)9-16-10-5-2-1-3-6-10;1-7(2,3)6-4-5-8-9-6;/h2-8H,9H2;4H,1-3H3;/q2*-1;+1. The summed E-state index contributed by atoms with van der Waals surface area (Å²) in [5, 5.41) is 3.49. The summed E-state index contributed by atoms with van der Waals surface area (Å²) in [5.74, 6) is 0.244. The van der Waals surface area contributed by atoms with Gasteiger partial charge in [-0.2, -0.15) is 24.3 Å². The molecule has 0 radical (unpaired) electrons. The second-order valence-electron chi connectivity index (χ2n) is 6.29. The van der Waals surface area contributed by atoms with Gasteiger partial charge in [0.05, 0.1) is 5.56 Å². The Hall–Kier alpha value is -1.05. The van der Waals surface area contributed by atoms with Gasteiger partial charge in [-0.1, -0.05) is 26.8 Å². The first-order valence-corrected chi connectivity index (χ1v) is 7.73. The molecule has 0 atom stereocenters. The Kier molecular flexibility index (Phi) is 9.67. The van der Waals surface area contributed by atoms with Crippen LogP contribution in [-0.2, 0) is 12.0 Å². The van der Waals surface area contributed by atoms with Crippen molar-refractivity contribution in [2.24, 2.45) is 0 Å². The number of rotatable bonds is 3. The van der Waals surface area contributed by atoms with E-state index in [1.54, 1.807) is 30.3 Å². The van der Waals surface area contributed by atoms with Gasteiger partial charge in [-0.3, -0.25) is 0 Å². The first kappa shape index (κ1) is 23.0. The molecular formula is C20H19F2KNO2-. The first-order valence-electron chi connectivity index (χ1n) is 7.73. The predicted molar refractivity (Wildman–Crippen MR) is 90.0 cm³/mol. The minimum Gasteiger partial charge on any atom is -0.514 e. The van der Waals surface area contributed by atoms with Crippen LogP contribution in [0.5, 0.6) is 5.75 Å². The summed E-state index contributed by atoms with van der Waals surface area (Å²) >= 11 is 0. The third kappa shape index (κ3) is 7.29. The quantitative estimate of drug-likeness (QED) is 0.514. The van der Waals surface area contributed by atoms with Crippen molar-refractivity contribution in [2.75, 3.05) is 0 Å². The summed E-state index contributed by atoms with van der Waals surface area (Å²) in [5.41, 5.74) is 0.00262. The number of aromatic nitrogens is 1.